The lowest BCUT2D eigenvalue weighted by Gasteiger charge is -2.19. The van der Waals surface area contributed by atoms with Crippen LogP contribution in [0.3, 0.4) is 0 Å². The molecule has 1 heterocycles. The van der Waals surface area contributed by atoms with Crippen LogP contribution >= 0.6 is 11.6 Å². The van der Waals surface area contributed by atoms with Crippen molar-refractivity contribution < 1.29 is 23.1 Å². The van der Waals surface area contributed by atoms with Gasteiger partial charge in [-0.15, -0.1) is 0 Å². The van der Waals surface area contributed by atoms with E-state index in [1.54, 1.807) is 24.3 Å². The lowest BCUT2D eigenvalue weighted by atomic mass is 10.2. The molecule has 3 N–H and O–H groups in total. The lowest BCUT2D eigenvalue weighted by Crippen LogP contribution is -2.41. The Morgan fingerprint density at radius 2 is 1.86 bits per heavy atom. The Kier molecular flexibility index (Phi) is 8.36. The maximum absolute atomic E-state index is 13.2. The molecule has 0 saturated heterocycles. The van der Waals surface area contributed by atoms with Gasteiger partial charge in [-0.25, -0.2) is 10.3 Å². The van der Waals surface area contributed by atoms with Gasteiger partial charge in [0.25, 0.3) is 5.56 Å². The van der Waals surface area contributed by atoms with Crippen LogP contribution in [0, 0.1) is 0 Å². The molecule has 0 radical (unpaired) electrons. The fourth-order valence-corrected chi connectivity index (χ4v) is 3.41. The van der Waals surface area contributed by atoms with Crippen molar-refractivity contribution in [1.29, 1.82) is 0 Å². The van der Waals surface area contributed by atoms with Crippen molar-refractivity contribution >= 4 is 23.1 Å². The van der Waals surface area contributed by atoms with Crippen LogP contribution in [0.2, 0.25) is 5.02 Å². The van der Waals surface area contributed by atoms with E-state index in [9.17, 15) is 27.9 Å². The summed E-state index contributed by atoms with van der Waals surface area (Å²) in [4.78, 5) is 31.5. The van der Waals surface area contributed by atoms with E-state index in [4.69, 9.17) is 16.4 Å². The quantitative estimate of drug-likeness (QED) is 0.266. The average molecular weight is 525 g/mol. The maximum atomic E-state index is 13.2. The number of halogens is 4. The number of allylic oxidation sites excluding steroid dienone is 2. The number of rotatable bonds is 9. The van der Waals surface area contributed by atoms with Crippen LogP contribution in [0.4, 0.5) is 24.7 Å². The molecule has 0 aliphatic rings. The Morgan fingerprint density at radius 1 is 1.17 bits per heavy atom. The first-order valence-corrected chi connectivity index (χ1v) is 11.1. The fraction of sp³-hybridized carbons (Fsp3) is 0.250. The first-order chi connectivity index (χ1) is 17.0. The SMILES string of the molecule is C/C(O)=C/CCn1c(=O)c(NCc2ccc(Cl)cc2)c(NOc2cccc(C(F)(F)F)c2)n(C)c1=O. The summed E-state index contributed by atoms with van der Waals surface area (Å²) in [5, 5.41) is 12.9. The standard InChI is InChI=1S/C24H24ClF3N4O4/c1-15(33)5-4-12-32-22(34)20(29-14-16-8-10-18(25)11-9-16)21(31(2)23(32)35)30-36-19-7-3-6-17(13-19)24(26,27)28/h3,5-11,13,29-30,33H,4,12,14H2,1-2H3/b15-5-. The van der Waals surface area contributed by atoms with Gasteiger partial charge in [-0.3, -0.25) is 13.9 Å². The number of alkyl halides is 3. The van der Waals surface area contributed by atoms with E-state index in [0.717, 1.165) is 26.8 Å². The van der Waals surface area contributed by atoms with E-state index in [-0.39, 0.29) is 42.5 Å². The van der Waals surface area contributed by atoms with Gasteiger partial charge in [-0.1, -0.05) is 29.8 Å². The second-order valence-electron chi connectivity index (χ2n) is 7.87. The molecule has 3 aromatic rings. The van der Waals surface area contributed by atoms with E-state index < -0.39 is 23.0 Å². The number of hydrogen-bond acceptors (Lipinski definition) is 6. The first-order valence-electron chi connectivity index (χ1n) is 10.8. The number of nitrogens with one attached hydrogen (secondary N) is 2. The van der Waals surface area contributed by atoms with Gasteiger partial charge in [-0.05, 0) is 55.3 Å². The van der Waals surface area contributed by atoms with Crippen molar-refractivity contribution in [1.82, 2.24) is 9.13 Å². The Hall–Kier alpha value is -3.86. The molecule has 3 rings (SSSR count). The Labute approximate surface area is 209 Å². The molecule has 1 aromatic heterocycles. The highest BCUT2D eigenvalue weighted by Crippen LogP contribution is 2.31. The van der Waals surface area contributed by atoms with Crippen LogP contribution in [0.25, 0.3) is 0 Å². The van der Waals surface area contributed by atoms with E-state index in [2.05, 4.69) is 10.8 Å². The lowest BCUT2D eigenvalue weighted by molar-refractivity contribution is -0.137. The third-order valence-corrected chi connectivity index (χ3v) is 5.40. The Morgan fingerprint density at radius 3 is 2.50 bits per heavy atom. The summed E-state index contributed by atoms with van der Waals surface area (Å²) < 4.78 is 41.2. The molecule has 0 aliphatic carbocycles. The predicted molar refractivity (Wildman–Crippen MR) is 131 cm³/mol. The molecule has 0 aliphatic heterocycles. The van der Waals surface area contributed by atoms with Crippen LogP contribution in [0.15, 0.2) is 70.0 Å². The molecule has 0 fully saturated rings. The van der Waals surface area contributed by atoms with Crippen molar-refractivity contribution in [2.24, 2.45) is 7.05 Å². The minimum atomic E-state index is -4.57. The minimum Gasteiger partial charge on any atom is -0.513 e. The highest BCUT2D eigenvalue weighted by molar-refractivity contribution is 6.30. The highest BCUT2D eigenvalue weighted by atomic mass is 35.5. The number of aromatic nitrogens is 2. The molecule has 0 atom stereocenters. The zero-order valence-corrected chi connectivity index (χ0v) is 20.2. The molecule has 0 bridgehead atoms. The van der Waals surface area contributed by atoms with Crippen molar-refractivity contribution in [2.75, 3.05) is 10.8 Å². The third kappa shape index (κ3) is 6.63. The maximum Gasteiger partial charge on any atom is 0.416 e. The Bertz CT molecular complexity index is 1360. The monoisotopic (exact) mass is 524 g/mol. The summed E-state index contributed by atoms with van der Waals surface area (Å²) in [5.41, 5.74) is 0.918. The van der Waals surface area contributed by atoms with E-state index in [1.165, 1.54) is 32.2 Å². The molecule has 2 aromatic carbocycles. The molecule has 0 unspecified atom stereocenters. The molecule has 0 amide bonds. The van der Waals surface area contributed by atoms with Crippen LogP contribution in [0.1, 0.15) is 24.5 Å². The number of benzene rings is 2. The fourth-order valence-electron chi connectivity index (χ4n) is 3.28. The summed E-state index contributed by atoms with van der Waals surface area (Å²) in [5.74, 6) is -0.205. The molecule has 36 heavy (non-hydrogen) atoms. The molecule has 8 nitrogen and oxygen atoms in total. The largest absolute Gasteiger partial charge is 0.513 e. The summed E-state index contributed by atoms with van der Waals surface area (Å²) >= 11 is 5.92. The summed E-state index contributed by atoms with van der Waals surface area (Å²) in [7, 11) is 1.39. The second kappa shape index (κ2) is 11.3. The summed E-state index contributed by atoms with van der Waals surface area (Å²) in [6, 6.07) is 11.0. The van der Waals surface area contributed by atoms with Crippen LogP contribution in [-0.4, -0.2) is 14.2 Å². The zero-order valence-electron chi connectivity index (χ0n) is 19.4. The molecular formula is C24H24ClF3N4O4. The Balaban J connectivity index is 1.97. The number of anilines is 2. The first kappa shape index (κ1) is 26.7. The smallest absolute Gasteiger partial charge is 0.416 e. The third-order valence-electron chi connectivity index (χ3n) is 5.15. The van der Waals surface area contributed by atoms with Crippen LogP contribution < -0.4 is 26.9 Å². The van der Waals surface area contributed by atoms with Gasteiger partial charge in [0.05, 0.1) is 11.3 Å². The summed E-state index contributed by atoms with van der Waals surface area (Å²) in [6.45, 7) is 1.64. The van der Waals surface area contributed by atoms with Gasteiger partial charge >= 0.3 is 11.9 Å². The van der Waals surface area contributed by atoms with Crippen molar-refractivity contribution in [3.05, 3.63) is 97.4 Å². The van der Waals surface area contributed by atoms with Gasteiger partial charge in [0.15, 0.2) is 11.6 Å². The molecule has 192 valence electrons. The van der Waals surface area contributed by atoms with Crippen molar-refractivity contribution in [2.45, 2.75) is 32.6 Å². The highest BCUT2D eigenvalue weighted by Gasteiger charge is 2.30. The zero-order chi connectivity index (χ0) is 26.5. The van der Waals surface area contributed by atoms with Gasteiger partial charge in [0.1, 0.15) is 5.69 Å². The van der Waals surface area contributed by atoms with Gasteiger partial charge in [-0.2, -0.15) is 13.2 Å². The molecular weight excluding hydrogens is 501 g/mol. The van der Waals surface area contributed by atoms with Crippen molar-refractivity contribution in [3.63, 3.8) is 0 Å². The average Bonchev–Trinajstić information content (AvgIpc) is 2.82. The topological polar surface area (TPSA) is 97.5 Å². The number of aliphatic hydroxyl groups is 1. The number of aliphatic hydroxyl groups excluding tert-OH is 1. The van der Waals surface area contributed by atoms with E-state index in [0.29, 0.717) is 5.02 Å². The number of hydrogen-bond donors (Lipinski definition) is 3. The summed E-state index contributed by atoms with van der Waals surface area (Å²) in [6.07, 6.45) is -2.88. The van der Waals surface area contributed by atoms with Gasteiger partial charge in [0, 0.05) is 25.2 Å². The second-order valence-corrected chi connectivity index (χ2v) is 8.30. The normalized spacial score (nSPS) is 11.9. The van der Waals surface area contributed by atoms with Crippen LogP contribution in [0.5, 0.6) is 5.75 Å². The molecule has 0 saturated carbocycles. The van der Waals surface area contributed by atoms with E-state index in [1.807, 2.05) is 0 Å². The molecule has 12 heteroatoms. The predicted octanol–water partition coefficient (Wildman–Crippen LogP) is 5.09. The van der Waals surface area contributed by atoms with Gasteiger partial charge in [0.2, 0.25) is 0 Å². The van der Waals surface area contributed by atoms with Crippen LogP contribution in [-0.2, 0) is 26.3 Å². The minimum absolute atomic E-state index is 0.00615. The van der Waals surface area contributed by atoms with Crippen molar-refractivity contribution in [3.8, 4) is 5.75 Å². The molecule has 0 spiro atoms. The van der Waals surface area contributed by atoms with Gasteiger partial charge < -0.3 is 15.3 Å². The van der Waals surface area contributed by atoms with E-state index >= 15 is 0 Å². The number of nitrogens with zero attached hydrogens (tertiary/aromatic N) is 2.